The van der Waals surface area contributed by atoms with Crippen LogP contribution >= 0.6 is 23.2 Å². The second-order valence-corrected chi connectivity index (χ2v) is 5.09. The maximum Gasteiger partial charge on any atom is 0.206 e. The fourth-order valence-electron chi connectivity index (χ4n) is 2.31. The average Bonchev–Trinajstić information content (AvgIpc) is 2.44. The van der Waals surface area contributed by atoms with Gasteiger partial charge < -0.3 is 0 Å². The highest BCUT2D eigenvalue weighted by Gasteiger charge is 2.30. The molecule has 1 aliphatic carbocycles. The molecule has 0 saturated carbocycles. The Bertz CT molecular complexity index is 815. The SMILES string of the molecule is N#CN=C1c2ccc(Cl)cc2C(=O)c2cccc(Cl)c21. The van der Waals surface area contributed by atoms with Gasteiger partial charge >= 0.3 is 0 Å². The number of nitrogens with zero attached hydrogens (tertiary/aromatic N) is 2. The van der Waals surface area contributed by atoms with Gasteiger partial charge in [-0.05, 0) is 18.2 Å². The van der Waals surface area contributed by atoms with Crippen molar-refractivity contribution in [2.75, 3.05) is 0 Å². The van der Waals surface area contributed by atoms with E-state index in [1.165, 1.54) is 0 Å². The molecule has 2 aromatic carbocycles. The molecule has 0 aromatic heterocycles. The number of aliphatic imine (C=N–C) groups is 1. The van der Waals surface area contributed by atoms with E-state index < -0.39 is 0 Å². The van der Waals surface area contributed by atoms with Gasteiger partial charge in [-0.3, -0.25) is 4.79 Å². The zero-order chi connectivity index (χ0) is 14.3. The van der Waals surface area contributed by atoms with Crippen LogP contribution in [0.4, 0.5) is 0 Å². The Morgan fingerprint density at radius 2 is 1.85 bits per heavy atom. The first kappa shape index (κ1) is 12.9. The predicted molar refractivity (Wildman–Crippen MR) is 77.6 cm³/mol. The fraction of sp³-hybridized carbons (Fsp3) is 0. The van der Waals surface area contributed by atoms with Gasteiger partial charge in [0, 0.05) is 27.3 Å². The summed E-state index contributed by atoms with van der Waals surface area (Å²) >= 11 is 12.1. The lowest BCUT2D eigenvalue weighted by Gasteiger charge is -2.20. The van der Waals surface area contributed by atoms with Crippen LogP contribution in [0.5, 0.6) is 0 Å². The number of hydrogen-bond donors (Lipinski definition) is 0. The second-order valence-electron chi connectivity index (χ2n) is 4.24. The number of fused-ring (bicyclic) bond motifs is 2. The number of benzene rings is 2. The van der Waals surface area contributed by atoms with E-state index in [4.69, 9.17) is 28.5 Å². The monoisotopic (exact) mass is 300 g/mol. The first-order chi connectivity index (χ1) is 9.63. The molecule has 0 fully saturated rings. The molecule has 0 saturated heterocycles. The minimum atomic E-state index is -0.170. The Labute approximate surface area is 125 Å². The Morgan fingerprint density at radius 3 is 2.60 bits per heavy atom. The lowest BCUT2D eigenvalue weighted by Crippen LogP contribution is -2.21. The summed E-state index contributed by atoms with van der Waals surface area (Å²) < 4.78 is 0. The summed E-state index contributed by atoms with van der Waals surface area (Å²) in [6, 6.07) is 9.94. The normalized spacial score (nSPS) is 14.7. The molecular weight excluding hydrogens is 295 g/mol. The van der Waals surface area contributed by atoms with Crippen molar-refractivity contribution < 1.29 is 4.79 Å². The largest absolute Gasteiger partial charge is 0.289 e. The predicted octanol–water partition coefficient (Wildman–Crippen LogP) is 3.86. The minimum Gasteiger partial charge on any atom is -0.289 e. The fourth-order valence-corrected chi connectivity index (χ4v) is 2.75. The highest BCUT2D eigenvalue weighted by molar-refractivity contribution is 6.40. The van der Waals surface area contributed by atoms with Crippen LogP contribution in [0.15, 0.2) is 41.4 Å². The van der Waals surface area contributed by atoms with Gasteiger partial charge in [-0.15, -0.1) is 0 Å². The molecule has 20 heavy (non-hydrogen) atoms. The molecular formula is C15H6Cl2N2O. The molecule has 5 heteroatoms. The smallest absolute Gasteiger partial charge is 0.206 e. The van der Waals surface area contributed by atoms with Crippen molar-refractivity contribution in [2.24, 2.45) is 4.99 Å². The third-order valence-electron chi connectivity index (χ3n) is 3.14. The Hall–Kier alpha value is -2.15. The van der Waals surface area contributed by atoms with E-state index >= 15 is 0 Å². The third kappa shape index (κ3) is 1.82. The van der Waals surface area contributed by atoms with E-state index in [2.05, 4.69) is 4.99 Å². The maximum atomic E-state index is 12.5. The van der Waals surface area contributed by atoms with Gasteiger partial charge in [-0.2, -0.15) is 10.3 Å². The summed E-state index contributed by atoms with van der Waals surface area (Å²) in [5, 5.41) is 9.74. The zero-order valence-corrected chi connectivity index (χ0v) is 11.5. The van der Waals surface area contributed by atoms with Crippen molar-refractivity contribution in [3.05, 3.63) is 68.7 Å². The highest BCUT2D eigenvalue weighted by Crippen LogP contribution is 2.33. The van der Waals surface area contributed by atoms with Gasteiger partial charge in [0.2, 0.25) is 6.19 Å². The van der Waals surface area contributed by atoms with Crippen molar-refractivity contribution in [3.63, 3.8) is 0 Å². The van der Waals surface area contributed by atoms with Gasteiger partial charge in [0.15, 0.2) is 5.78 Å². The van der Waals surface area contributed by atoms with Crippen molar-refractivity contribution in [1.29, 1.82) is 5.26 Å². The molecule has 0 amide bonds. The standard InChI is InChI=1S/C15H6Cl2N2O/c16-8-4-5-9-11(6-8)15(20)10-2-1-3-12(17)13(10)14(9)19-7-18/h1-6H. The van der Waals surface area contributed by atoms with Crippen molar-refractivity contribution >= 4 is 34.7 Å². The van der Waals surface area contributed by atoms with Crippen molar-refractivity contribution in [1.82, 2.24) is 0 Å². The van der Waals surface area contributed by atoms with Crippen LogP contribution in [-0.4, -0.2) is 11.5 Å². The quantitative estimate of drug-likeness (QED) is 0.592. The second kappa shape index (κ2) is 4.75. The highest BCUT2D eigenvalue weighted by atomic mass is 35.5. The van der Waals surface area contributed by atoms with Gasteiger partial charge in [0.05, 0.1) is 10.7 Å². The van der Waals surface area contributed by atoms with Crippen LogP contribution in [0.25, 0.3) is 0 Å². The van der Waals surface area contributed by atoms with Gasteiger partial charge in [0.25, 0.3) is 0 Å². The minimum absolute atomic E-state index is 0.170. The number of nitriles is 1. The molecule has 96 valence electrons. The molecule has 0 bridgehead atoms. The summed E-state index contributed by atoms with van der Waals surface area (Å²) in [7, 11) is 0. The Balaban J connectivity index is 2.41. The molecule has 0 atom stereocenters. The number of carbonyl (C=O) groups excluding carboxylic acids is 1. The van der Waals surface area contributed by atoms with Crippen LogP contribution in [0.1, 0.15) is 27.0 Å². The van der Waals surface area contributed by atoms with Crippen LogP contribution in [-0.2, 0) is 0 Å². The van der Waals surface area contributed by atoms with E-state index in [-0.39, 0.29) is 5.78 Å². The first-order valence-corrected chi connectivity index (χ1v) is 6.49. The summed E-state index contributed by atoms with van der Waals surface area (Å²) in [5.74, 6) is -0.170. The lowest BCUT2D eigenvalue weighted by molar-refractivity contribution is 0.103. The van der Waals surface area contributed by atoms with Crippen LogP contribution < -0.4 is 0 Å². The van der Waals surface area contributed by atoms with Gasteiger partial charge in [-0.25, -0.2) is 0 Å². The van der Waals surface area contributed by atoms with E-state index in [1.54, 1.807) is 42.6 Å². The molecule has 3 nitrogen and oxygen atoms in total. The van der Waals surface area contributed by atoms with Crippen molar-refractivity contribution in [2.45, 2.75) is 0 Å². The zero-order valence-electron chi connectivity index (χ0n) is 10.0. The number of hydrogen-bond acceptors (Lipinski definition) is 3. The number of ketones is 1. The topological polar surface area (TPSA) is 53.2 Å². The van der Waals surface area contributed by atoms with Gasteiger partial charge in [0.1, 0.15) is 0 Å². The van der Waals surface area contributed by atoms with Crippen LogP contribution in [0, 0.1) is 11.5 Å². The van der Waals surface area contributed by atoms with Crippen LogP contribution in [0.2, 0.25) is 10.0 Å². The Morgan fingerprint density at radius 1 is 1.05 bits per heavy atom. The number of halogens is 2. The summed E-state index contributed by atoms with van der Waals surface area (Å²) in [6.07, 6.45) is 1.76. The third-order valence-corrected chi connectivity index (χ3v) is 3.69. The molecule has 0 aliphatic heterocycles. The molecule has 0 spiro atoms. The molecule has 1 aliphatic rings. The Kier molecular flexibility index (Phi) is 3.06. The molecule has 0 unspecified atom stereocenters. The maximum absolute atomic E-state index is 12.5. The molecule has 2 aromatic rings. The summed E-state index contributed by atoms with van der Waals surface area (Å²) in [6.45, 7) is 0. The van der Waals surface area contributed by atoms with E-state index in [0.717, 1.165) is 0 Å². The number of rotatable bonds is 0. The molecule has 0 radical (unpaired) electrons. The lowest BCUT2D eigenvalue weighted by atomic mass is 9.83. The van der Waals surface area contributed by atoms with Crippen LogP contribution in [0.3, 0.4) is 0 Å². The van der Waals surface area contributed by atoms with E-state index in [0.29, 0.717) is 38.0 Å². The molecule has 0 N–H and O–H groups in total. The summed E-state index contributed by atoms with van der Waals surface area (Å²) in [5.41, 5.74) is 2.33. The van der Waals surface area contributed by atoms with E-state index in [1.807, 2.05) is 0 Å². The first-order valence-electron chi connectivity index (χ1n) is 5.73. The summed E-state index contributed by atoms with van der Waals surface area (Å²) in [4.78, 5) is 16.3. The number of carbonyl (C=O) groups is 1. The van der Waals surface area contributed by atoms with Gasteiger partial charge in [-0.1, -0.05) is 41.4 Å². The van der Waals surface area contributed by atoms with E-state index in [9.17, 15) is 4.79 Å². The van der Waals surface area contributed by atoms with Crippen molar-refractivity contribution in [3.8, 4) is 6.19 Å². The molecule has 0 heterocycles. The molecule has 3 rings (SSSR count). The average molecular weight is 301 g/mol.